The fourth-order valence-corrected chi connectivity index (χ4v) is 3.14. The Balaban J connectivity index is 1.73. The van der Waals surface area contributed by atoms with Gasteiger partial charge in [-0.2, -0.15) is 5.26 Å². The summed E-state index contributed by atoms with van der Waals surface area (Å²) < 4.78 is 5.31. The number of carbonyl (C=O) groups is 1. The van der Waals surface area contributed by atoms with E-state index in [0.29, 0.717) is 34.3 Å². The fourth-order valence-electron chi connectivity index (χ4n) is 2.77. The van der Waals surface area contributed by atoms with Crippen LogP contribution in [0.5, 0.6) is 0 Å². The van der Waals surface area contributed by atoms with E-state index in [-0.39, 0.29) is 12.6 Å². The van der Waals surface area contributed by atoms with Crippen LogP contribution in [-0.2, 0) is 4.74 Å². The number of hydrogen-bond donors (Lipinski definition) is 1. The number of carbonyl (C=O) groups excluding carboxylic acids is 1. The second kappa shape index (κ2) is 9.90. The molecule has 6 nitrogen and oxygen atoms in total. The van der Waals surface area contributed by atoms with Crippen LogP contribution in [0.3, 0.4) is 0 Å². The minimum Gasteiger partial charge on any atom is -0.460 e. The Kier molecular flexibility index (Phi) is 7.04. The van der Waals surface area contributed by atoms with Gasteiger partial charge in [0.15, 0.2) is 5.16 Å². The number of esters is 1. The molecule has 0 saturated carbocycles. The predicted molar refractivity (Wildman–Crippen MR) is 119 cm³/mol. The highest BCUT2D eigenvalue weighted by molar-refractivity contribution is 7.98. The smallest absolute Gasteiger partial charge is 0.338 e. The van der Waals surface area contributed by atoms with Crippen molar-refractivity contribution in [3.05, 3.63) is 70.8 Å². The molecule has 3 aromatic rings. The summed E-state index contributed by atoms with van der Waals surface area (Å²) in [6.45, 7) is 4.44. The molecule has 30 heavy (non-hydrogen) atoms. The molecule has 0 spiro atoms. The van der Waals surface area contributed by atoms with Crippen molar-refractivity contribution in [1.82, 2.24) is 9.97 Å². The number of ether oxygens (including phenoxy) is 1. The third kappa shape index (κ3) is 5.16. The number of rotatable bonds is 7. The van der Waals surface area contributed by atoms with E-state index in [4.69, 9.17) is 4.74 Å². The molecular formula is C23H22N4O2S. The first-order valence-corrected chi connectivity index (χ1v) is 10.6. The normalized spacial score (nSPS) is 10.3. The van der Waals surface area contributed by atoms with E-state index in [1.54, 1.807) is 12.1 Å². The van der Waals surface area contributed by atoms with Crippen LogP contribution in [-0.4, -0.2) is 35.3 Å². The molecule has 0 amide bonds. The molecule has 1 heterocycles. The topological polar surface area (TPSA) is 87.9 Å². The van der Waals surface area contributed by atoms with Gasteiger partial charge in [0.1, 0.15) is 24.1 Å². The molecule has 0 radical (unpaired) electrons. The van der Waals surface area contributed by atoms with Gasteiger partial charge >= 0.3 is 5.97 Å². The first-order valence-electron chi connectivity index (χ1n) is 9.42. The quantitative estimate of drug-likeness (QED) is 0.259. The Hall–Kier alpha value is -3.37. The summed E-state index contributed by atoms with van der Waals surface area (Å²) in [5.41, 5.74) is 4.51. The van der Waals surface area contributed by atoms with Gasteiger partial charge in [-0.25, -0.2) is 14.8 Å². The highest BCUT2D eigenvalue weighted by atomic mass is 32.2. The molecule has 0 saturated heterocycles. The monoisotopic (exact) mass is 418 g/mol. The van der Waals surface area contributed by atoms with Crippen LogP contribution in [0.2, 0.25) is 0 Å². The van der Waals surface area contributed by atoms with E-state index >= 15 is 0 Å². The maximum absolute atomic E-state index is 12.1. The average molecular weight is 419 g/mol. The lowest BCUT2D eigenvalue weighted by Crippen LogP contribution is -2.16. The maximum atomic E-state index is 12.1. The van der Waals surface area contributed by atoms with Crippen molar-refractivity contribution in [3.8, 4) is 17.3 Å². The van der Waals surface area contributed by atoms with Gasteiger partial charge < -0.3 is 10.1 Å². The third-order valence-corrected chi connectivity index (χ3v) is 4.97. The van der Waals surface area contributed by atoms with Gasteiger partial charge in [0.25, 0.3) is 0 Å². The van der Waals surface area contributed by atoms with Crippen molar-refractivity contribution in [3.63, 3.8) is 0 Å². The van der Waals surface area contributed by atoms with Crippen LogP contribution in [0.1, 0.15) is 27.0 Å². The molecule has 3 rings (SSSR count). The number of anilines is 1. The SMILES string of the molecule is CSc1nc(NCCOC(=O)c2ccc(C)cc2)c(C#N)c(-c2ccc(C)cc2)n1. The van der Waals surface area contributed by atoms with E-state index in [1.807, 2.05) is 56.5 Å². The molecule has 0 aliphatic rings. The Morgan fingerprint density at radius 3 is 2.30 bits per heavy atom. The molecule has 1 N–H and O–H groups in total. The lowest BCUT2D eigenvalue weighted by Gasteiger charge is -2.12. The maximum Gasteiger partial charge on any atom is 0.338 e. The molecule has 0 fully saturated rings. The number of nitrogens with one attached hydrogen (secondary N) is 1. The van der Waals surface area contributed by atoms with Crippen molar-refractivity contribution in [1.29, 1.82) is 5.26 Å². The highest BCUT2D eigenvalue weighted by Crippen LogP contribution is 2.28. The molecule has 152 valence electrons. The van der Waals surface area contributed by atoms with Crippen molar-refractivity contribution in [2.75, 3.05) is 24.7 Å². The second-order valence-corrected chi connectivity index (χ2v) is 7.46. The zero-order valence-electron chi connectivity index (χ0n) is 17.1. The van der Waals surface area contributed by atoms with Crippen LogP contribution in [0.15, 0.2) is 53.7 Å². The number of hydrogen-bond acceptors (Lipinski definition) is 7. The standard InChI is InChI=1S/C23H22N4O2S/c1-15-4-8-17(9-5-15)20-19(14-24)21(27-23(26-20)30-3)25-12-13-29-22(28)18-10-6-16(2)7-11-18/h4-11H,12-13H2,1-3H3,(H,25,26,27). The van der Waals surface area contributed by atoms with E-state index < -0.39 is 0 Å². The number of nitriles is 1. The zero-order valence-corrected chi connectivity index (χ0v) is 17.9. The van der Waals surface area contributed by atoms with Crippen molar-refractivity contribution in [2.24, 2.45) is 0 Å². The van der Waals surface area contributed by atoms with Crippen LogP contribution < -0.4 is 5.32 Å². The number of aryl methyl sites for hydroxylation is 2. The van der Waals surface area contributed by atoms with Crippen LogP contribution in [0.4, 0.5) is 5.82 Å². The third-order valence-electron chi connectivity index (χ3n) is 4.42. The second-order valence-electron chi connectivity index (χ2n) is 6.69. The summed E-state index contributed by atoms with van der Waals surface area (Å²) in [6.07, 6.45) is 1.88. The van der Waals surface area contributed by atoms with Crippen molar-refractivity contribution in [2.45, 2.75) is 19.0 Å². The summed E-state index contributed by atoms with van der Waals surface area (Å²) in [6, 6.07) is 17.3. The average Bonchev–Trinajstić information content (AvgIpc) is 2.77. The van der Waals surface area contributed by atoms with Gasteiger partial charge in [-0.15, -0.1) is 0 Å². The molecule has 2 aromatic carbocycles. The summed E-state index contributed by atoms with van der Waals surface area (Å²) in [4.78, 5) is 21.1. The minimum atomic E-state index is -0.384. The minimum absolute atomic E-state index is 0.149. The summed E-state index contributed by atoms with van der Waals surface area (Å²) in [5, 5.41) is 13.4. The van der Waals surface area contributed by atoms with Crippen molar-refractivity contribution >= 4 is 23.5 Å². The van der Waals surface area contributed by atoms with E-state index in [1.165, 1.54) is 11.8 Å². The summed E-state index contributed by atoms with van der Waals surface area (Å²) in [5.74, 6) is 0.0453. The Morgan fingerprint density at radius 1 is 1.07 bits per heavy atom. The molecule has 7 heteroatoms. The number of benzene rings is 2. The molecule has 0 aliphatic heterocycles. The van der Waals surface area contributed by atoms with Gasteiger partial charge in [-0.3, -0.25) is 0 Å². The van der Waals surface area contributed by atoms with Crippen molar-refractivity contribution < 1.29 is 9.53 Å². The zero-order chi connectivity index (χ0) is 21.5. The Morgan fingerprint density at radius 2 is 1.70 bits per heavy atom. The number of thioether (sulfide) groups is 1. The Labute approximate surface area is 180 Å². The number of aromatic nitrogens is 2. The first-order chi connectivity index (χ1) is 14.5. The number of nitrogens with zero attached hydrogens (tertiary/aromatic N) is 3. The fraction of sp³-hybridized carbons (Fsp3) is 0.217. The molecular weight excluding hydrogens is 396 g/mol. The lowest BCUT2D eigenvalue weighted by atomic mass is 10.1. The molecule has 0 unspecified atom stereocenters. The first kappa shape index (κ1) is 21.3. The highest BCUT2D eigenvalue weighted by Gasteiger charge is 2.16. The lowest BCUT2D eigenvalue weighted by molar-refractivity contribution is 0.0520. The van der Waals surface area contributed by atoms with Crippen LogP contribution in [0.25, 0.3) is 11.3 Å². The van der Waals surface area contributed by atoms with Gasteiger partial charge in [0.2, 0.25) is 0 Å². The van der Waals surface area contributed by atoms with E-state index in [9.17, 15) is 10.1 Å². The van der Waals surface area contributed by atoms with Crippen LogP contribution in [0, 0.1) is 25.2 Å². The molecule has 1 aromatic heterocycles. The van der Waals surface area contributed by atoms with Gasteiger partial charge in [0, 0.05) is 5.56 Å². The summed E-state index contributed by atoms with van der Waals surface area (Å²) >= 11 is 1.40. The Bertz CT molecular complexity index is 1070. The molecule has 0 aliphatic carbocycles. The largest absolute Gasteiger partial charge is 0.460 e. The van der Waals surface area contributed by atoms with Crippen LogP contribution >= 0.6 is 11.8 Å². The van der Waals surface area contributed by atoms with E-state index in [0.717, 1.165) is 16.7 Å². The van der Waals surface area contributed by atoms with E-state index in [2.05, 4.69) is 21.4 Å². The summed E-state index contributed by atoms with van der Waals surface area (Å²) in [7, 11) is 0. The van der Waals surface area contributed by atoms with Gasteiger partial charge in [0.05, 0.1) is 17.8 Å². The predicted octanol–water partition coefficient (Wildman–Crippen LogP) is 4.62. The van der Waals surface area contributed by atoms with Gasteiger partial charge in [-0.1, -0.05) is 59.3 Å². The molecule has 0 bridgehead atoms. The van der Waals surface area contributed by atoms with Gasteiger partial charge in [-0.05, 0) is 32.2 Å². The molecule has 0 atom stereocenters.